The van der Waals surface area contributed by atoms with Gasteiger partial charge in [0.2, 0.25) is 0 Å². The molecule has 0 aliphatic carbocycles. The van der Waals surface area contributed by atoms with Crippen molar-refractivity contribution in [3.8, 4) is 5.75 Å². The van der Waals surface area contributed by atoms with Crippen molar-refractivity contribution in [1.29, 1.82) is 0 Å². The summed E-state index contributed by atoms with van der Waals surface area (Å²) in [6, 6.07) is 12.5. The summed E-state index contributed by atoms with van der Waals surface area (Å²) in [5.74, 6) is 0.466. The summed E-state index contributed by atoms with van der Waals surface area (Å²) >= 11 is 5.91. The van der Waals surface area contributed by atoms with E-state index in [0.29, 0.717) is 29.2 Å². The Balaban J connectivity index is 2.09. The molecule has 1 N–H and O–H groups in total. The van der Waals surface area contributed by atoms with Crippen LogP contribution >= 0.6 is 11.6 Å². The van der Waals surface area contributed by atoms with Gasteiger partial charge < -0.3 is 9.84 Å². The van der Waals surface area contributed by atoms with E-state index >= 15 is 0 Å². The topological polar surface area (TPSA) is 46.5 Å². The van der Waals surface area contributed by atoms with Crippen molar-refractivity contribution in [1.82, 2.24) is 0 Å². The fourth-order valence-electron chi connectivity index (χ4n) is 1.66. The first-order chi connectivity index (χ1) is 9.24. The Hall–Kier alpha value is -1.84. The lowest BCUT2D eigenvalue weighted by Gasteiger charge is -2.09. The Morgan fingerprint density at radius 1 is 1.11 bits per heavy atom. The highest BCUT2D eigenvalue weighted by molar-refractivity contribution is 6.33. The van der Waals surface area contributed by atoms with Crippen molar-refractivity contribution in [2.75, 3.05) is 0 Å². The number of hydrogen-bond acceptors (Lipinski definition) is 3. The molecule has 0 fully saturated rings. The minimum absolute atomic E-state index is 0.0186. The van der Waals surface area contributed by atoms with Crippen LogP contribution in [0.2, 0.25) is 5.02 Å². The zero-order valence-corrected chi connectivity index (χ0v) is 10.9. The van der Waals surface area contributed by atoms with E-state index in [0.717, 1.165) is 11.1 Å². The number of hydrogen-bond donors (Lipinski definition) is 1. The molecule has 3 nitrogen and oxygen atoms in total. The number of benzene rings is 2. The van der Waals surface area contributed by atoms with Gasteiger partial charge in [0, 0.05) is 0 Å². The smallest absolute Gasteiger partial charge is 0.155 e. The summed E-state index contributed by atoms with van der Waals surface area (Å²) in [6.07, 6.45) is 0.687. The molecule has 2 rings (SSSR count). The van der Waals surface area contributed by atoms with Crippen LogP contribution in [0.25, 0.3) is 0 Å². The summed E-state index contributed by atoms with van der Waals surface area (Å²) in [7, 11) is 0. The largest absolute Gasteiger partial charge is 0.488 e. The fraction of sp³-hybridized carbons (Fsp3) is 0.133. The van der Waals surface area contributed by atoms with Gasteiger partial charge in [-0.2, -0.15) is 0 Å². The van der Waals surface area contributed by atoms with E-state index in [1.54, 1.807) is 18.2 Å². The maximum Gasteiger partial charge on any atom is 0.155 e. The van der Waals surface area contributed by atoms with Gasteiger partial charge in [-0.1, -0.05) is 41.9 Å². The molecule has 98 valence electrons. The molecule has 0 spiro atoms. The monoisotopic (exact) mass is 276 g/mol. The van der Waals surface area contributed by atoms with E-state index in [1.165, 1.54) is 0 Å². The third-order valence-corrected chi connectivity index (χ3v) is 3.06. The third-order valence-electron chi connectivity index (χ3n) is 2.73. The van der Waals surface area contributed by atoms with Gasteiger partial charge in [-0.15, -0.1) is 0 Å². The zero-order valence-electron chi connectivity index (χ0n) is 10.2. The Labute approximate surface area is 116 Å². The first-order valence-corrected chi connectivity index (χ1v) is 6.17. The van der Waals surface area contributed by atoms with Crippen LogP contribution in [-0.4, -0.2) is 11.4 Å². The summed E-state index contributed by atoms with van der Waals surface area (Å²) in [5.41, 5.74) is 2.16. The van der Waals surface area contributed by atoms with Crippen molar-refractivity contribution in [3.63, 3.8) is 0 Å². The number of carbonyl (C=O) groups is 1. The van der Waals surface area contributed by atoms with E-state index in [1.807, 2.05) is 24.3 Å². The van der Waals surface area contributed by atoms with Gasteiger partial charge >= 0.3 is 0 Å². The summed E-state index contributed by atoms with van der Waals surface area (Å²) in [5, 5.41) is 9.33. The van der Waals surface area contributed by atoms with Gasteiger partial charge in [0.05, 0.1) is 17.2 Å². The first-order valence-electron chi connectivity index (χ1n) is 5.79. The van der Waals surface area contributed by atoms with Crippen LogP contribution in [-0.2, 0) is 13.2 Å². The molecule has 0 saturated heterocycles. The van der Waals surface area contributed by atoms with Crippen molar-refractivity contribution in [2.24, 2.45) is 0 Å². The molecular weight excluding hydrogens is 264 g/mol. The Morgan fingerprint density at radius 2 is 1.79 bits per heavy atom. The second kappa shape index (κ2) is 6.36. The molecule has 0 unspecified atom stereocenters. The standard InChI is InChI=1S/C15H13ClO3/c16-14-2-1-3-15(13(14)9-18)19-10-12-6-4-11(8-17)5-7-12/h1-7,9,17H,8,10H2. The average Bonchev–Trinajstić information content (AvgIpc) is 2.45. The van der Waals surface area contributed by atoms with Crippen LogP contribution in [0.5, 0.6) is 5.75 Å². The molecule has 0 amide bonds. The second-order valence-corrected chi connectivity index (χ2v) is 4.44. The maximum absolute atomic E-state index is 11.0. The zero-order chi connectivity index (χ0) is 13.7. The lowest BCUT2D eigenvalue weighted by Crippen LogP contribution is -1.99. The highest BCUT2D eigenvalue weighted by Gasteiger charge is 2.07. The van der Waals surface area contributed by atoms with E-state index in [2.05, 4.69) is 0 Å². The summed E-state index contributed by atoms with van der Waals surface area (Å²) in [4.78, 5) is 11.0. The molecule has 0 aromatic heterocycles. The molecule has 0 saturated carbocycles. The van der Waals surface area contributed by atoms with Crippen LogP contribution in [0.1, 0.15) is 21.5 Å². The molecule has 0 heterocycles. The third kappa shape index (κ3) is 3.34. The normalized spacial score (nSPS) is 10.2. The van der Waals surface area contributed by atoms with E-state index in [-0.39, 0.29) is 6.61 Å². The number of aldehydes is 1. The molecule has 4 heteroatoms. The van der Waals surface area contributed by atoms with Crippen LogP contribution in [0.3, 0.4) is 0 Å². The fourth-order valence-corrected chi connectivity index (χ4v) is 1.87. The first kappa shape index (κ1) is 13.6. The molecule has 0 bridgehead atoms. The van der Waals surface area contributed by atoms with Crippen LogP contribution in [0.4, 0.5) is 0 Å². The van der Waals surface area contributed by atoms with E-state index in [9.17, 15) is 4.79 Å². The summed E-state index contributed by atoms with van der Waals surface area (Å²) < 4.78 is 5.59. The SMILES string of the molecule is O=Cc1c(Cl)cccc1OCc1ccc(CO)cc1. The van der Waals surface area contributed by atoms with Crippen molar-refractivity contribution in [2.45, 2.75) is 13.2 Å². The highest BCUT2D eigenvalue weighted by Crippen LogP contribution is 2.25. The predicted octanol–water partition coefficient (Wildman–Crippen LogP) is 3.22. The highest BCUT2D eigenvalue weighted by atomic mass is 35.5. The summed E-state index contributed by atoms with van der Waals surface area (Å²) in [6.45, 7) is 0.359. The van der Waals surface area contributed by atoms with Gasteiger partial charge in [0.15, 0.2) is 6.29 Å². The number of aliphatic hydroxyl groups is 1. The van der Waals surface area contributed by atoms with Gasteiger partial charge in [-0.25, -0.2) is 0 Å². The Morgan fingerprint density at radius 3 is 2.42 bits per heavy atom. The maximum atomic E-state index is 11.0. The van der Waals surface area contributed by atoms with Crippen LogP contribution in [0.15, 0.2) is 42.5 Å². The molecule has 2 aromatic rings. The number of aliphatic hydroxyl groups excluding tert-OH is 1. The van der Waals surface area contributed by atoms with Gasteiger partial charge in [0.25, 0.3) is 0 Å². The molecule has 19 heavy (non-hydrogen) atoms. The molecule has 0 aliphatic heterocycles. The molecule has 0 atom stereocenters. The predicted molar refractivity (Wildman–Crippen MR) is 73.5 cm³/mol. The minimum Gasteiger partial charge on any atom is -0.488 e. The quantitative estimate of drug-likeness (QED) is 0.853. The lowest BCUT2D eigenvalue weighted by molar-refractivity contribution is 0.111. The molecule has 2 aromatic carbocycles. The number of carbonyl (C=O) groups excluding carboxylic acids is 1. The van der Waals surface area contributed by atoms with Crippen molar-refractivity contribution >= 4 is 17.9 Å². The molecule has 0 radical (unpaired) electrons. The Bertz CT molecular complexity index is 564. The molecular formula is C15H13ClO3. The average molecular weight is 277 g/mol. The Kier molecular flexibility index (Phi) is 4.55. The van der Waals surface area contributed by atoms with E-state index in [4.69, 9.17) is 21.4 Å². The van der Waals surface area contributed by atoms with Crippen molar-refractivity contribution in [3.05, 3.63) is 64.2 Å². The number of ether oxygens (including phenoxy) is 1. The van der Waals surface area contributed by atoms with Gasteiger partial charge in [-0.3, -0.25) is 4.79 Å². The molecule has 0 aliphatic rings. The van der Waals surface area contributed by atoms with Crippen LogP contribution < -0.4 is 4.74 Å². The van der Waals surface area contributed by atoms with Crippen LogP contribution in [0, 0.1) is 0 Å². The number of halogens is 1. The lowest BCUT2D eigenvalue weighted by atomic mass is 10.1. The van der Waals surface area contributed by atoms with Gasteiger partial charge in [0.1, 0.15) is 12.4 Å². The number of rotatable bonds is 5. The second-order valence-electron chi connectivity index (χ2n) is 4.03. The van der Waals surface area contributed by atoms with Gasteiger partial charge in [-0.05, 0) is 23.3 Å². The van der Waals surface area contributed by atoms with E-state index < -0.39 is 0 Å². The van der Waals surface area contributed by atoms with Crippen molar-refractivity contribution < 1.29 is 14.6 Å². The minimum atomic E-state index is 0.0186.